The van der Waals surface area contributed by atoms with Gasteiger partial charge in [-0.3, -0.25) is 0 Å². The van der Waals surface area contributed by atoms with Gasteiger partial charge >= 0.3 is 0 Å². The molecule has 1 aromatic carbocycles. The Kier molecular flexibility index (Phi) is 5.43. The Balaban J connectivity index is 1.88. The summed E-state index contributed by atoms with van der Waals surface area (Å²) in [5.41, 5.74) is 0.909. The zero-order valence-corrected chi connectivity index (χ0v) is 12.6. The van der Waals surface area contributed by atoms with Crippen molar-refractivity contribution in [3.8, 4) is 17.5 Å². The van der Waals surface area contributed by atoms with Crippen molar-refractivity contribution < 1.29 is 4.42 Å². The molecule has 19 heavy (non-hydrogen) atoms. The van der Waals surface area contributed by atoms with Gasteiger partial charge < -0.3 is 4.42 Å². The third-order valence-electron chi connectivity index (χ3n) is 2.41. The second-order valence-electron chi connectivity index (χ2n) is 3.84. The molecule has 0 radical (unpaired) electrons. The maximum Gasteiger partial charge on any atom is 0.276 e. The minimum absolute atomic E-state index is 0.534. The van der Waals surface area contributed by atoms with E-state index >= 15 is 0 Å². The van der Waals surface area contributed by atoms with E-state index in [-0.39, 0.29) is 0 Å². The van der Waals surface area contributed by atoms with Gasteiger partial charge in [0.15, 0.2) is 0 Å². The van der Waals surface area contributed by atoms with Gasteiger partial charge in [-0.2, -0.15) is 5.26 Å². The molecule has 0 bridgehead atoms. The van der Waals surface area contributed by atoms with E-state index in [9.17, 15) is 0 Å². The second kappa shape index (κ2) is 7.31. The number of rotatable bonds is 6. The molecule has 1 aromatic heterocycles. The molecule has 98 valence electrons. The highest BCUT2D eigenvalue weighted by atomic mass is 79.9. The van der Waals surface area contributed by atoms with Crippen LogP contribution in [0.1, 0.15) is 19.3 Å². The smallest absolute Gasteiger partial charge is 0.276 e. The number of halogens is 1. The third-order valence-corrected chi connectivity index (χ3v) is 3.84. The number of unbranched alkanes of at least 4 members (excludes halogenated alkanes) is 2. The zero-order chi connectivity index (χ0) is 13.5. The van der Waals surface area contributed by atoms with Crippen molar-refractivity contribution in [2.75, 3.05) is 5.75 Å². The number of nitrogens with zero attached hydrogens (tertiary/aromatic N) is 3. The van der Waals surface area contributed by atoms with Crippen LogP contribution in [0.4, 0.5) is 0 Å². The van der Waals surface area contributed by atoms with Gasteiger partial charge in [-0.15, -0.1) is 10.2 Å². The van der Waals surface area contributed by atoms with Crippen LogP contribution in [-0.2, 0) is 0 Å². The van der Waals surface area contributed by atoms with Gasteiger partial charge in [-0.25, -0.2) is 0 Å². The monoisotopic (exact) mass is 337 g/mol. The van der Waals surface area contributed by atoms with Crippen molar-refractivity contribution in [3.05, 3.63) is 28.7 Å². The second-order valence-corrected chi connectivity index (χ2v) is 5.81. The Morgan fingerprint density at radius 1 is 1.21 bits per heavy atom. The van der Waals surface area contributed by atoms with E-state index in [1.165, 1.54) is 11.8 Å². The Hall–Kier alpha value is -1.32. The summed E-state index contributed by atoms with van der Waals surface area (Å²) in [4.78, 5) is 0. The minimum Gasteiger partial charge on any atom is -0.411 e. The van der Waals surface area contributed by atoms with Crippen LogP contribution in [0.2, 0.25) is 0 Å². The number of aromatic nitrogens is 2. The molecule has 0 atom stereocenters. The molecule has 0 spiro atoms. The number of thioether (sulfide) groups is 1. The highest BCUT2D eigenvalue weighted by Gasteiger charge is 2.08. The highest BCUT2D eigenvalue weighted by Crippen LogP contribution is 2.24. The lowest BCUT2D eigenvalue weighted by Gasteiger charge is -1.95. The summed E-state index contributed by atoms with van der Waals surface area (Å²) in [7, 11) is 0. The molecule has 0 amide bonds. The van der Waals surface area contributed by atoms with Crippen molar-refractivity contribution in [1.82, 2.24) is 10.2 Å². The molecule has 0 saturated carbocycles. The van der Waals surface area contributed by atoms with Gasteiger partial charge in [0, 0.05) is 22.2 Å². The lowest BCUT2D eigenvalue weighted by molar-refractivity contribution is 0.465. The molecule has 1 heterocycles. The third kappa shape index (κ3) is 4.37. The van der Waals surface area contributed by atoms with Crippen molar-refractivity contribution in [3.63, 3.8) is 0 Å². The summed E-state index contributed by atoms with van der Waals surface area (Å²) >= 11 is 4.91. The standard InChI is InChI=1S/C13H12BrN3OS/c14-11-6-4-10(5-7-11)12-16-17-13(18-12)19-9-3-1-2-8-15/h4-7H,1-3,9H2. The number of nitriles is 1. The zero-order valence-electron chi connectivity index (χ0n) is 10.2. The Labute approximate surface area is 124 Å². The number of hydrogen-bond donors (Lipinski definition) is 0. The minimum atomic E-state index is 0.534. The van der Waals surface area contributed by atoms with Crippen molar-refractivity contribution >= 4 is 27.7 Å². The van der Waals surface area contributed by atoms with E-state index in [2.05, 4.69) is 32.2 Å². The van der Waals surface area contributed by atoms with Crippen LogP contribution < -0.4 is 0 Å². The van der Waals surface area contributed by atoms with E-state index in [1.807, 2.05) is 24.3 Å². The molecular formula is C13H12BrN3OS. The van der Waals surface area contributed by atoms with Crippen LogP contribution in [-0.4, -0.2) is 16.0 Å². The predicted octanol–water partition coefficient (Wildman–Crippen LogP) is 4.29. The molecule has 0 aliphatic rings. The van der Waals surface area contributed by atoms with Gasteiger partial charge in [-0.1, -0.05) is 27.7 Å². The SMILES string of the molecule is N#CCCCCSc1nnc(-c2ccc(Br)cc2)o1. The number of benzene rings is 1. The van der Waals surface area contributed by atoms with Crippen LogP contribution >= 0.6 is 27.7 Å². The largest absolute Gasteiger partial charge is 0.411 e. The fraction of sp³-hybridized carbons (Fsp3) is 0.308. The lowest BCUT2D eigenvalue weighted by Crippen LogP contribution is -1.80. The summed E-state index contributed by atoms with van der Waals surface area (Å²) in [6, 6.07) is 9.87. The van der Waals surface area contributed by atoms with E-state index in [1.54, 1.807) is 0 Å². The Morgan fingerprint density at radius 2 is 2.00 bits per heavy atom. The Bertz CT molecular complexity index is 562. The first-order valence-electron chi connectivity index (χ1n) is 5.89. The van der Waals surface area contributed by atoms with Gasteiger partial charge in [0.05, 0.1) is 6.07 Å². The lowest BCUT2D eigenvalue weighted by atomic mass is 10.2. The first-order chi connectivity index (χ1) is 9.29. The topological polar surface area (TPSA) is 62.7 Å². The van der Waals surface area contributed by atoms with E-state index in [0.29, 0.717) is 17.5 Å². The summed E-state index contributed by atoms with van der Waals surface area (Å²) in [5, 5.41) is 17.0. The molecule has 2 rings (SSSR count). The summed E-state index contributed by atoms with van der Waals surface area (Å²) < 4.78 is 6.59. The number of hydrogen-bond acceptors (Lipinski definition) is 5. The average molecular weight is 338 g/mol. The highest BCUT2D eigenvalue weighted by molar-refractivity contribution is 9.10. The first kappa shape index (κ1) is 14.1. The molecule has 0 aliphatic heterocycles. The quantitative estimate of drug-likeness (QED) is 0.581. The fourth-order valence-electron chi connectivity index (χ4n) is 1.44. The molecule has 0 aliphatic carbocycles. The van der Waals surface area contributed by atoms with E-state index in [4.69, 9.17) is 9.68 Å². The summed E-state index contributed by atoms with van der Waals surface area (Å²) in [5.74, 6) is 1.43. The van der Waals surface area contributed by atoms with Crippen LogP contribution in [0.3, 0.4) is 0 Å². The van der Waals surface area contributed by atoms with Crippen LogP contribution in [0.5, 0.6) is 0 Å². The normalized spacial score (nSPS) is 10.3. The summed E-state index contributed by atoms with van der Waals surface area (Å²) in [6.45, 7) is 0. The van der Waals surface area contributed by atoms with Gasteiger partial charge in [0.1, 0.15) is 0 Å². The van der Waals surface area contributed by atoms with Gasteiger partial charge in [0.25, 0.3) is 5.22 Å². The first-order valence-corrected chi connectivity index (χ1v) is 7.66. The fourth-order valence-corrected chi connectivity index (χ4v) is 2.47. The van der Waals surface area contributed by atoms with Crippen molar-refractivity contribution in [1.29, 1.82) is 5.26 Å². The van der Waals surface area contributed by atoms with Crippen LogP contribution in [0.25, 0.3) is 11.5 Å². The predicted molar refractivity (Wildman–Crippen MR) is 77.6 cm³/mol. The molecule has 2 aromatic rings. The van der Waals surface area contributed by atoms with Crippen LogP contribution in [0.15, 0.2) is 38.4 Å². The summed E-state index contributed by atoms with van der Waals surface area (Å²) in [6.07, 6.45) is 2.50. The Morgan fingerprint density at radius 3 is 2.74 bits per heavy atom. The molecule has 0 saturated heterocycles. The molecule has 0 unspecified atom stereocenters. The van der Waals surface area contributed by atoms with E-state index in [0.717, 1.165) is 28.6 Å². The van der Waals surface area contributed by atoms with Crippen molar-refractivity contribution in [2.45, 2.75) is 24.5 Å². The molecular weight excluding hydrogens is 326 g/mol. The van der Waals surface area contributed by atoms with Crippen molar-refractivity contribution in [2.24, 2.45) is 0 Å². The van der Waals surface area contributed by atoms with E-state index < -0.39 is 0 Å². The maximum absolute atomic E-state index is 8.43. The van der Waals surface area contributed by atoms with Gasteiger partial charge in [0.2, 0.25) is 5.89 Å². The average Bonchev–Trinajstić information content (AvgIpc) is 2.88. The molecule has 4 nitrogen and oxygen atoms in total. The maximum atomic E-state index is 8.43. The van der Waals surface area contributed by atoms with Crippen LogP contribution in [0, 0.1) is 11.3 Å². The molecule has 0 N–H and O–H groups in total. The molecule has 0 fully saturated rings. The van der Waals surface area contributed by atoms with Gasteiger partial charge in [-0.05, 0) is 37.1 Å². The molecule has 6 heteroatoms.